The molecule has 0 fully saturated rings. The largest absolute Gasteiger partial charge is 0.412 e. The number of halogens is 1. The first kappa shape index (κ1) is 14.9. The summed E-state index contributed by atoms with van der Waals surface area (Å²) in [5.41, 5.74) is 1.52. The number of hydrogen-bond donors (Lipinski definition) is 1. The summed E-state index contributed by atoms with van der Waals surface area (Å²) < 4.78 is 18.3. The highest BCUT2D eigenvalue weighted by Crippen LogP contribution is 2.18. The van der Waals surface area contributed by atoms with E-state index < -0.39 is 5.91 Å². The van der Waals surface area contributed by atoms with Gasteiger partial charge < -0.3 is 9.73 Å². The van der Waals surface area contributed by atoms with Crippen molar-refractivity contribution in [2.45, 2.75) is 13.0 Å². The Bertz CT molecular complexity index is 800. The van der Waals surface area contributed by atoms with Crippen molar-refractivity contribution in [1.29, 1.82) is 0 Å². The summed E-state index contributed by atoms with van der Waals surface area (Å²) in [4.78, 5) is 12.2. The third-order valence-corrected chi connectivity index (χ3v) is 3.36. The number of aromatic nitrogens is 2. The molecule has 0 aliphatic rings. The lowest BCUT2D eigenvalue weighted by molar-refractivity contribution is 0.0905. The fraction of sp³-hybridized carbons (Fsp3) is 0.118. The van der Waals surface area contributed by atoms with Crippen molar-refractivity contribution < 1.29 is 13.6 Å². The van der Waals surface area contributed by atoms with Gasteiger partial charge in [0, 0.05) is 5.56 Å². The Labute approximate surface area is 132 Å². The van der Waals surface area contributed by atoms with Crippen LogP contribution in [0.4, 0.5) is 4.39 Å². The van der Waals surface area contributed by atoms with Gasteiger partial charge in [0.1, 0.15) is 5.82 Å². The summed E-state index contributed by atoms with van der Waals surface area (Å²) >= 11 is 0. The minimum Gasteiger partial charge on any atom is -0.412 e. The van der Waals surface area contributed by atoms with Gasteiger partial charge in [-0.3, -0.25) is 4.79 Å². The van der Waals surface area contributed by atoms with Crippen LogP contribution in [0.5, 0.6) is 0 Å². The number of nitrogens with zero attached hydrogens (tertiary/aromatic N) is 2. The molecule has 0 saturated carbocycles. The summed E-state index contributed by atoms with van der Waals surface area (Å²) in [6.07, 6.45) is 0. The minimum absolute atomic E-state index is 0.132. The summed E-state index contributed by atoms with van der Waals surface area (Å²) in [7, 11) is 0. The van der Waals surface area contributed by atoms with Gasteiger partial charge in [-0.25, -0.2) is 4.39 Å². The number of carbonyl (C=O) groups excluding carboxylic acids is 1. The van der Waals surface area contributed by atoms with E-state index in [9.17, 15) is 9.18 Å². The van der Waals surface area contributed by atoms with Gasteiger partial charge >= 0.3 is 11.8 Å². The molecule has 1 unspecified atom stereocenters. The van der Waals surface area contributed by atoms with Gasteiger partial charge in [-0.2, -0.15) is 0 Å². The molecule has 0 saturated heterocycles. The van der Waals surface area contributed by atoms with Crippen molar-refractivity contribution in [3.05, 3.63) is 71.9 Å². The van der Waals surface area contributed by atoms with Crippen molar-refractivity contribution in [3.8, 4) is 11.5 Å². The molecule has 0 aliphatic heterocycles. The average Bonchev–Trinajstić information content (AvgIpc) is 3.06. The quantitative estimate of drug-likeness (QED) is 0.802. The maximum atomic E-state index is 12.9. The van der Waals surface area contributed by atoms with Crippen molar-refractivity contribution in [3.63, 3.8) is 0 Å². The van der Waals surface area contributed by atoms with Crippen LogP contribution in [-0.4, -0.2) is 16.1 Å². The summed E-state index contributed by atoms with van der Waals surface area (Å²) in [5, 5.41) is 10.3. The second kappa shape index (κ2) is 6.39. The molecule has 5 nitrogen and oxygen atoms in total. The number of rotatable bonds is 4. The third kappa shape index (κ3) is 3.42. The average molecular weight is 311 g/mol. The van der Waals surface area contributed by atoms with Crippen LogP contribution in [0.15, 0.2) is 59.0 Å². The molecule has 0 bridgehead atoms. The number of benzene rings is 2. The normalized spacial score (nSPS) is 11.9. The molecule has 0 aliphatic carbocycles. The van der Waals surface area contributed by atoms with Crippen LogP contribution in [0.1, 0.15) is 29.2 Å². The zero-order valence-corrected chi connectivity index (χ0v) is 12.4. The second-order valence-corrected chi connectivity index (χ2v) is 5.03. The fourth-order valence-corrected chi connectivity index (χ4v) is 2.11. The molecule has 1 amide bonds. The maximum absolute atomic E-state index is 12.9. The summed E-state index contributed by atoms with van der Waals surface area (Å²) in [6.45, 7) is 1.87. The van der Waals surface area contributed by atoms with E-state index in [4.69, 9.17) is 4.42 Å². The van der Waals surface area contributed by atoms with E-state index in [1.54, 1.807) is 0 Å². The fourth-order valence-electron chi connectivity index (χ4n) is 2.11. The first-order valence-electron chi connectivity index (χ1n) is 7.09. The van der Waals surface area contributed by atoms with E-state index in [1.165, 1.54) is 24.3 Å². The van der Waals surface area contributed by atoms with Crippen LogP contribution in [0.3, 0.4) is 0 Å². The molecule has 1 atom stereocenters. The van der Waals surface area contributed by atoms with Crippen LogP contribution < -0.4 is 5.32 Å². The SMILES string of the molecule is CC(NC(=O)c1nnc(-c2ccc(F)cc2)o1)c1ccccc1. The van der Waals surface area contributed by atoms with Gasteiger partial charge in [0.05, 0.1) is 6.04 Å². The Balaban J connectivity index is 1.72. The molecule has 2 aromatic carbocycles. The molecule has 3 rings (SSSR count). The van der Waals surface area contributed by atoms with Crippen molar-refractivity contribution >= 4 is 5.91 Å². The number of carbonyl (C=O) groups is 1. The Hall–Kier alpha value is -3.02. The molecule has 1 N–H and O–H groups in total. The van der Waals surface area contributed by atoms with Crippen LogP contribution in [0.25, 0.3) is 11.5 Å². The second-order valence-electron chi connectivity index (χ2n) is 5.03. The molecule has 3 aromatic rings. The van der Waals surface area contributed by atoms with Crippen LogP contribution >= 0.6 is 0 Å². The molecular weight excluding hydrogens is 297 g/mol. The van der Waals surface area contributed by atoms with E-state index >= 15 is 0 Å². The standard InChI is InChI=1S/C17H14FN3O2/c1-11(12-5-3-2-4-6-12)19-15(22)17-21-20-16(23-17)13-7-9-14(18)10-8-13/h2-11H,1H3,(H,19,22). The highest BCUT2D eigenvalue weighted by molar-refractivity contribution is 5.90. The Morgan fingerprint density at radius 1 is 1.09 bits per heavy atom. The van der Waals surface area contributed by atoms with Gasteiger partial charge in [-0.05, 0) is 36.8 Å². The Morgan fingerprint density at radius 3 is 2.48 bits per heavy atom. The molecule has 1 heterocycles. The highest BCUT2D eigenvalue weighted by Gasteiger charge is 2.18. The number of nitrogens with one attached hydrogen (secondary N) is 1. The third-order valence-electron chi connectivity index (χ3n) is 3.36. The lowest BCUT2D eigenvalue weighted by Crippen LogP contribution is -2.26. The summed E-state index contributed by atoms with van der Waals surface area (Å²) in [6, 6.07) is 15.0. The number of amides is 1. The maximum Gasteiger partial charge on any atom is 0.309 e. The lowest BCUT2D eigenvalue weighted by atomic mass is 10.1. The van der Waals surface area contributed by atoms with E-state index in [-0.39, 0.29) is 23.6 Å². The lowest BCUT2D eigenvalue weighted by Gasteiger charge is -2.12. The molecule has 0 radical (unpaired) electrons. The molecule has 116 valence electrons. The van der Waals surface area contributed by atoms with Gasteiger partial charge in [0.25, 0.3) is 0 Å². The minimum atomic E-state index is -0.456. The monoisotopic (exact) mass is 311 g/mol. The molecular formula is C17H14FN3O2. The van der Waals surface area contributed by atoms with E-state index in [0.29, 0.717) is 5.56 Å². The Kier molecular flexibility index (Phi) is 4.14. The highest BCUT2D eigenvalue weighted by atomic mass is 19.1. The van der Waals surface area contributed by atoms with E-state index in [2.05, 4.69) is 15.5 Å². The molecule has 6 heteroatoms. The van der Waals surface area contributed by atoms with E-state index in [1.807, 2.05) is 37.3 Å². The zero-order chi connectivity index (χ0) is 16.2. The smallest absolute Gasteiger partial charge is 0.309 e. The van der Waals surface area contributed by atoms with Crippen LogP contribution in [-0.2, 0) is 0 Å². The molecule has 23 heavy (non-hydrogen) atoms. The zero-order valence-electron chi connectivity index (χ0n) is 12.4. The molecule has 1 aromatic heterocycles. The molecule has 0 spiro atoms. The first-order valence-corrected chi connectivity index (χ1v) is 7.09. The summed E-state index contributed by atoms with van der Waals surface area (Å²) in [5.74, 6) is -0.778. The van der Waals surface area contributed by atoms with Crippen molar-refractivity contribution in [2.24, 2.45) is 0 Å². The van der Waals surface area contributed by atoms with Gasteiger partial charge in [0.15, 0.2) is 0 Å². The Morgan fingerprint density at radius 2 is 1.78 bits per heavy atom. The van der Waals surface area contributed by atoms with Crippen molar-refractivity contribution in [2.75, 3.05) is 0 Å². The van der Waals surface area contributed by atoms with E-state index in [0.717, 1.165) is 5.56 Å². The predicted octanol–water partition coefficient (Wildman–Crippen LogP) is 3.37. The predicted molar refractivity (Wildman–Crippen MR) is 82.0 cm³/mol. The van der Waals surface area contributed by atoms with Crippen molar-refractivity contribution in [1.82, 2.24) is 15.5 Å². The van der Waals surface area contributed by atoms with Gasteiger partial charge in [0.2, 0.25) is 5.89 Å². The van der Waals surface area contributed by atoms with Gasteiger partial charge in [-0.1, -0.05) is 30.3 Å². The van der Waals surface area contributed by atoms with Crippen LogP contribution in [0, 0.1) is 5.82 Å². The number of hydrogen-bond acceptors (Lipinski definition) is 4. The topological polar surface area (TPSA) is 68.0 Å². The van der Waals surface area contributed by atoms with Gasteiger partial charge in [-0.15, -0.1) is 10.2 Å². The van der Waals surface area contributed by atoms with Crippen LogP contribution in [0.2, 0.25) is 0 Å². The first-order chi connectivity index (χ1) is 11.1.